The van der Waals surface area contributed by atoms with Crippen molar-refractivity contribution in [2.75, 3.05) is 13.1 Å². The Labute approximate surface area is 111 Å². The lowest BCUT2D eigenvalue weighted by atomic mass is 10.00. The molecule has 1 heterocycles. The molecule has 0 saturated carbocycles. The number of nitrogens with zero attached hydrogens (tertiary/aromatic N) is 1. The van der Waals surface area contributed by atoms with Crippen molar-refractivity contribution >= 4 is 0 Å². The lowest BCUT2D eigenvalue weighted by molar-refractivity contribution is 0.155. The normalized spacial score (nSPS) is 22.9. The van der Waals surface area contributed by atoms with Crippen molar-refractivity contribution in [1.82, 2.24) is 4.90 Å². The molecule has 2 rings (SSSR count). The summed E-state index contributed by atoms with van der Waals surface area (Å²) in [5, 5.41) is 0. The van der Waals surface area contributed by atoms with Gasteiger partial charge in [0.1, 0.15) is 0 Å². The summed E-state index contributed by atoms with van der Waals surface area (Å²) in [4.78, 5) is 2.59. The van der Waals surface area contributed by atoms with E-state index in [0.29, 0.717) is 0 Å². The highest BCUT2D eigenvalue weighted by Gasteiger charge is 2.18. The van der Waals surface area contributed by atoms with Crippen LogP contribution in [0.1, 0.15) is 49.8 Å². The van der Waals surface area contributed by atoms with Crippen LogP contribution in [0.5, 0.6) is 0 Å². The quantitative estimate of drug-likeness (QED) is 0.883. The number of rotatable bonds is 4. The summed E-state index contributed by atoms with van der Waals surface area (Å²) in [7, 11) is 0. The average molecular weight is 246 g/mol. The summed E-state index contributed by atoms with van der Waals surface area (Å²) < 4.78 is 0. The van der Waals surface area contributed by atoms with Crippen LogP contribution >= 0.6 is 0 Å². The minimum atomic E-state index is 0.180. The number of aryl methyl sites for hydroxylation is 1. The molecular formula is C16H26N2. The van der Waals surface area contributed by atoms with Gasteiger partial charge in [0.15, 0.2) is 0 Å². The summed E-state index contributed by atoms with van der Waals surface area (Å²) in [6.07, 6.45) is 5.15. The zero-order chi connectivity index (χ0) is 13.0. The molecule has 0 aromatic heterocycles. The highest BCUT2D eigenvalue weighted by Crippen LogP contribution is 2.20. The second kappa shape index (κ2) is 6.35. The predicted molar refractivity (Wildman–Crippen MR) is 77.6 cm³/mol. The number of likely N-dealkylation sites (tertiary alicyclic amines) is 1. The van der Waals surface area contributed by atoms with Crippen LogP contribution in [-0.2, 0) is 0 Å². The van der Waals surface area contributed by atoms with Gasteiger partial charge in [-0.25, -0.2) is 0 Å². The van der Waals surface area contributed by atoms with Gasteiger partial charge in [0.25, 0.3) is 0 Å². The van der Waals surface area contributed by atoms with E-state index < -0.39 is 0 Å². The molecule has 2 N–H and O–H groups in total. The van der Waals surface area contributed by atoms with E-state index in [0.717, 1.165) is 19.0 Å². The number of piperidine rings is 1. The van der Waals surface area contributed by atoms with E-state index >= 15 is 0 Å². The molecule has 100 valence electrons. The summed E-state index contributed by atoms with van der Waals surface area (Å²) in [6.45, 7) is 6.85. The van der Waals surface area contributed by atoms with E-state index in [2.05, 4.69) is 43.0 Å². The number of hydrogen-bond donors (Lipinski definition) is 1. The lowest BCUT2D eigenvalue weighted by Gasteiger charge is -2.34. The van der Waals surface area contributed by atoms with Gasteiger partial charge in [-0.3, -0.25) is 0 Å². The maximum atomic E-state index is 6.28. The van der Waals surface area contributed by atoms with Crippen LogP contribution in [0.3, 0.4) is 0 Å². The first-order chi connectivity index (χ1) is 8.66. The van der Waals surface area contributed by atoms with Gasteiger partial charge in [0, 0.05) is 18.6 Å². The van der Waals surface area contributed by atoms with Crippen LogP contribution in [0.2, 0.25) is 0 Å². The SMILES string of the molecule is Cc1ccc(C(N)CCN2CCCCC2C)cc1. The standard InChI is InChI=1S/C16H26N2/c1-13-6-8-15(9-7-13)16(17)10-12-18-11-4-3-5-14(18)2/h6-9,14,16H,3-5,10-12,17H2,1-2H3. The van der Waals surface area contributed by atoms with E-state index in [9.17, 15) is 0 Å². The number of nitrogens with two attached hydrogens (primary N) is 1. The second-order valence-corrected chi connectivity index (χ2v) is 5.69. The molecule has 1 aliphatic heterocycles. The summed E-state index contributed by atoms with van der Waals surface area (Å²) in [6, 6.07) is 9.56. The Bertz CT molecular complexity index is 358. The van der Waals surface area contributed by atoms with Crippen LogP contribution in [0.25, 0.3) is 0 Å². The third-order valence-corrected chi connectivity index (χ3v) is 4.17. The molecule has 2 atom stereocenters. The fourth-order valence-corrected chi connectivity index (χ4v) is 2.78. The van der Waals surface area contributed by atoms with Crippen molar-refractivity contribution in [3.63, 3.8) is 0 Å². The molecule has 0 amide bonds. The maximum absolute atomic E-state index is 6.28. The zero-order valence-corrected chi connectivity index (χ0v) is 11.7. The van der Waals surface area contributed by atoms with Gasteiger partial charge in [-0.05, 0) is 45.2 Å². The Morgan fingerprint density at radius 3 is 2.67 bits per heavy atom. The Morgan fingerprint density at radius 1 is 1.28 bits per heavy atom. The molecule has 1 fully saturated rings. The molecule has 2 heteroatoms. The molecule has 0 bridgehead atoms. The van der Waals surface area contributed by atoms with Crippen molar-refractivity contribution in [1.29, 1.82) is 0 Å². The minimum absolute atomic E-state index is 0.180. The Morgan fingerprint density at radius 2 is 2.00 bits per heavy atom. The Kier molecular flexibility index (Phi) is 4.79. The fourth-order valence-electron chi connectivity index (χ4n) is 2.78. The third kappa shape index (κ3) is 3.56. The van der Waals surface area contributed by atoms with E-state index in [1.54, 1.807) is 0 Å². The van der Waals surface area contributed by atoms with Gasteiger partial charge in [-0.1, -0.05) is 36.2 Å². The molecule has 0 radical (unpaired) electrons. The summed E-state index contributed by atoms with van der Waals surface area (Å²) in [5.74, 6) is 0. The smallest absolute Gasteiger partial charge is 0.0307 e. The first-order valence-corrected chi connectivity index (χ1v) is 7.23. The number of hydrogen-bond acceptors (Lipinski definition) is 2. The zero-order valence-electron chi connectivity index (χ0n) is 11.7. The Balaban J connectivity index is 1.83. The van der Waals surface area contributed by atoms with E-state index in [1.807, 2.05) is 0 Å². The molecular weight excluding hydrogens is 220 g/mol. The van der Waals surface area contributed by atoms with Crippen molar-refractivity contribution in [2.45, 2.75) is 51.6 Å². The molecule has 1 aromatic carbocycles. The van der Waals surface area contributed by atoms with Gasteiger partial charge in [-0.2, -0.15) is 0 Å². The van der Waals surface area contributed by atoms with Crippen LogP contribution in [0.15, 0.2) is 24.3 Å². The van der Waals surface area contributed by atoms with Crippen molar-refractivity contribution in [3.05, 3.63) is 35.4 Å². The highest BCUT2D eigenvalue weighted by molar-refractivity contribution is 5.23. The average Bonchev–Trinajstić information content (AvgIpc) is 2.38. The fraction of sp³-hybridized carbons (Fsp3) is 0.625. The maximum Gasteiger partial charge on any atom is 0.0307 e. The van der Waals surface area contributed by atoms with Gasteiger partial charge >= 0.3 is 0 Å². The first-order valence-electron chi connectivity index (χ1n) is 7.23. The molecule has 2 unspecified atom stereocenters. The molecule has 1 aromatic rings. The van der Waals surface area contributed by atoms with Gasteiger partial charge in [0.05, 0.1) is 0 Å². The molecule has 2 nitrogen and oxygen atoms in total. The van der Waals surface area contributed by atoms with Crippen LogP contribution in [0.4, 0.5) is 0 Å². The summed E-state index contributed by atoms with van der Waals surface area (Å²) >= 11 is 0. The lowest BCUT2D eigenvalue weighted by Crippen LogP contribution is -2.38. The van der Waals surface area contributed by atoms with Crippen molar-refractivity contribution in [2.24, 2.45) is 5.73 Å². The van der Waals surface area contributed by atoms with Crippen LogP contribution in [-0.4, -0.2) is 24.0 Å². The molecule has 18 heavy (non-hydrogen) atoms. The first kappa shape index (κ1) is 13.6. The largest absolute Gasteiger partial charge is 0.324 e. The van der Waals surface area contributed by atoms with Crippen LogP contribution < -0.4 is 5.73 Å². The molecule has 1 saturated heterocycles. The number of benzene rings is 1. The Hall–Kier alpha value is -0.860. The predicted octanol–water partition coefficient (Wildman–Crippen LogP) is 3.26. The van der Waals surface area contributed by atoms with E-state index in [1.165, 1.54) is 36.9 Å². The topological polar surface area (TPSA) is 29.3 Å². The van der Waals surface area contributed by atoms with Crippen LogP contribution in [0, 0.1) is 6.92 Å². The van der Waals surface area contributed by atoms with Crippen molar-refractivity contribution in [3.8, 4) is 0 Å². The van der Waals surface area contributed by atoms with Crippen molar-refractivity contribution < 1.29 is 0 Å². The highest BCUT2D eigenvalue weighted by atomic mass is 15.2. The second-order valence-electron chi connectivity index (χ2n) is 5.69. The van der Waals surface area contributed by atoms with E-state index in [-0.39, 0.29) is 6.04 Å². The third-order valence-electron chi connectivity index (χ3n) is 4.17. The minimum Gasteiger partial charge on any atom is -0.324 e. The van der Waals surface area contributed by atoms with E-state index in [4.69, 9.17) is 5.73 Å². The monoisotopic (exact) mass is 246 g/mol. The summed E-state index contributed by atoms with van der Waals surface area (Å²) in [5.41, 5.74) is 8.85. The molecule has 0 spiro atoms. The van der Waals surface area contributed by atoms with Gasteiger partial charge in [0.2, 0.25) is 0 Å². The van der Waals surface area contributed by atoms with Gasteiger partial charge < -0.3 is 10.6 Å². The molecule has 0 aliphatic carbocycles. The van der Waals surface area contributed by atoms with Gasteiger partial charge in [-0.15, -0.1) is 0 Å². The molecule has 1 aliphatic rings.